The minimum absolute atomic E-state index is 0.899. The molecule has 188 valence electrons. The van der Waals surface area contributed by atoms with Crippen LogP contribution in [-0.2, 0) is 0 Å². The molecule has 0 fully saturated rings. The van der Waals surface area contributed by atoms with E-state index in [0.717, 1.165) is 22.2 Å². The zero-order valence-electron chi connectivity index (χ0n) is 22.4. The monoisotopic (exact) mass is 510 g/mol. The summed E-state index contributed by atoms with van der Waals surface area (Å²) in [5.74, 6) is 0. The molecule has 2 heteroatoms. The predicted molar refractivity (Wildman–Crippen MR) is 170 cm³/mol. The van der Waals surface area contributed by atoms with Crippen LogP contribution in [0.3, 0.4) is 0 Å². The van der Waals surface area contributed by atoms with Gasteiger partial charge in [0.1, 0.15) is 0 Å². The van der Waals surface area contributed by atoms with Crippen LogP contribution in [0, 0.1) is 13.8 Å². The Bertz CT molecular complexity index is 2020. The fraction of sp³-hybridized carbons (Fsp3) is 0.0526. The maximum Gasteiger partial charge on any atom is 0.0893 e. The van der Waals surface area contributed by atoms with Crippen molar-refractivity contribution in [2.45, 2.75) is 13.8 Å². The molecule has 0 spiro atoms. The highest BCUT2D eigenvalue weighted by Crippen LogP contribution is 2.41. The van der Waals surface area contributed by atoms with E-state index in [2.05, 4.69) is 123 Å². The molecule has 40 heavy (non-hydrogen) atoms. The van der Waals surface area contributed by atoms with Crippen molar-refractivity contribution < 1.29 is 0 Å². The Hall–Kier alpha value is -5.08. The quantitative estimate of drug-likeness (QED) is 0.216. The average Bonchev–Trinajstić information content (AvgIpc) is 3.01. The summed E-state index contributed by atoms with van der Waals surface area (Å²) in [4.78, 5) is 9.99. The van der Waals surface area contributed by atoms with Gasteiger partial charge in [0, 0.05) is 23.5 Å². The zero-order chi connectivity index (χ0) is 26.8. The molecule has 2 heterocycles. The Kier molecular flexibility index (Phi) is 4.99. The first-order valence-corrected chi connectivity index (χ1v) is 13.8. The summed E-state index contributed by atoms with van der Waals surface area (Å²) in [7, 11) is 0. The Morgan fingerprint density at radius 1 is 0.375 bits per heavy atom. The first kappa shape index (κ1) is 22.9. The van der Waals surface area contributed by atoms with Gasteiger partial charge in [0.2, 0.25) is 0 Å². The van der Waals surface area contributed by atoms with Gasteiger partial charge in [-0.2, -0.15) is 0 Å². The van der Waals surface area contributed by atoms with Gasteiger partial charge in [0.05, 0.1) is 11.0 Å². The molecule has 6 aromatic carbocycles. The molecule has 0 N–H and O–H groups in total. The van der Waals surface area contributed by atoms with Crippen LogP contribution >= 0.6 is 0 Å². The molecule has 0 aliphatic rings. The van der Waals surface area contributed by atoms with E-state index in [1.807, 2.05) is 12.4 Å². The van der Waals surface area contributed by atoms with Crippen molar-refractivity contribution in [2.75, 3.05) is 0 Å². The average molecular weight is 511 g/mol. The SMILES string of the molecule is Cc1c2ccccc2c(-c2cnc3cc(-c4c5ccccc5c(C)c5ccccc45)cnc3c2)c2ccccc12. The van der Waals surface area contributed by atoms with Gasteiger partial charge in [0.25, 0.3) is 0 Å². The molecule has 0 aliphatic carbocycles. The van der Waals surface area contributed by atoms with E-state index in [1.165, 1.54) is 65.3 Å². The molecule has 8 aromatic rings. The number of aromatic nitrogens is 2. The van der Waals surface area contributed by atoms with E-state index in [9.17, 15) is 0 Å². The van der Waals surface area contributed by atoms with Crippen LogP contribution in [0.2, 0.25) is 0 Å². The number of pyridine rings is 2. The minimum Gasteiger partial charge on any atom is -0.254 e. The van der Waals surface area contributed by atoms with E-state index in [1.54, 1.807) is 0 Å². The summed E-state index contributed by atoms with van der Waals surface area (Å²) in [5, 5.41) is 10.1. The van der Waals surface area contributed by atoms with Gasteiger partial charge in [-0.05, 0) is 91.3 Å². The first-order valence-electron chi connectivity index (χ1n) is 13.8. The number of nitrogens with zero attached hydrogens (tertiary/aromatic N) is 2. The first-order chi connectivity index (χ1) is 19.7. The van der Waals surface area contributed by atoms with Crippen molar-refractivity contribution in [1.29, 1.82) is 0 Å². The Balaban J connectivity index is 1.37. The van der Waals surface area contributed by atoms with Crippen LogP contribution in [0.15, 0.2) is 122 Å². The second-order valence-corrected chi connectivity index (χ2v) is 10.7. The van der Waals surface area contributed by atoms with E-state index < -0.39 is 0 Å². The maximum absolute atomic E-state index is 4.99. The number of benzene rings is 6. The molecule has 0 saturated carbocycles. The molecule has 2 nitrogen and oxygen atoms in total. The van der Waals surface area contributed by atoms with Gasteiger partial charge in [-0.15, -0.1) is 0 Å². The van der Waals surface area contributed by atoms with Crippen molar-refractivity contribution in [3.8, 4) is 22.3 Å². The van der Waals surface area contributed by atoms with Crippen molar-refractivity contribution >= 4 is 54.1 Å². The highest BCUT2D eigenvalue weighted by molar-refractivity contribution is 6.16. The molecule has 0 radical (unpaired) electrons. The Morgan fingerprint density at radius 3 is 0.950 bits per heavy atom. The van der Waals surface area contributed by atoms with Crippen LogP contribution in [0.25, 0.3) is 76.4 Å². The number of hydrogen-bond acceptors (Lipinski definition) is 2. The molecule has 0 saturated heterocycles. The lowest BCUT2D eigenvalue weighted by molar-refractivity contribution is 1.34. The summed E-state index contributed by atoms with van der Waals surface area (Å²) in [6.45, 7) is 4.43. The molecule has 0 unspecified atom stereocenters. The number of hydrogen-bond donors (Lipinski definition) is 0. The van der Waals surface area contributed by atoms with Gasteiger partial charge in [-0.1, -0.05) is 97.1 Å². The lowest BCUT2D eigenvalue weighted by Gasteiger charge is -2.16. The van der Waals surface area contributed by atoms with Crippen molar-refractivity contribution in [1.82, 2.24) is 9.97 Å². The van der Waals surface area contributed by atoms with E-state index in [0.29, 0.717) is 0 Å². The van der Waals surface area contributed by atoms with Crippen molar-refractivity contribution in [3.63, 3.8) is 0 Å². The predicted octanol–water partition coefficient (Wildman–Crippen LogP) is 10.2. The zero-order valence-corrected chi connectivity index (χ0v) is 22.4. The fourth-order valence-corrected chi connectivity index (χ4v) is 6.59. The third kappa shape index (κ3) is 3.29. The van der Waals surface area contributed by atoms with Gasteiger partial charge < -0.3 is 0 Å². The molecule has 8 rings (SSSR count). The number of rotatable bonds is 2. The molecule has 0 amide bonds. The molecular weight excluding hydrogens is 484 g/mol. The molecule has 2 aromatic heterocycles. The largest absolute Gasteiger partial charge is 0.254 e. The van der Waals surface area contributed by atoms with Gasteiger partial charge in [0.15, 0.2) is 0 Å². The van der Waals surface area contributed by atoms with E-state index in [4.69, 9.17) is 9.97 Å². The van der Waals surface area contributed by atoms with Crippen LogP contribution in [0.4, 0.5) is 0 Å². The summed E-state index contributed by atoms with van der Waals surface area (Å²) in [6.07, 6.45) is 4.03. The van der Waals surface area contributed by atoms with Crippen LogP contribution < -0.4 is 0 Å². The third-order valence-electron chi connectivity index (χ3n) is 8.51. The van der Waals surface area contributed by atoms with Crippen molar-refractivity contribution in [3.05, 3.63) is 133 Å². The summed E-state index contributed by atoms with van der Waals surface area (Å²) < 4.78 is 0. The van der Waals surface area contributed by atoms with Gasteiger partial charge >= 0.3 is 0 Å². The third-order valence-corrected chi connectivity index (χ3v) is 8.51. The lowest BCUT2D eigenvalue weighted by Crippen LogP contribution is -1.93. The maximum atomic E-state index is 4.99. The summed E-state index contributed by atoms with van der Waals surface area (Å²) in [6, 6.07) is 39.1. The minimum atomic E-state index is 0.899. The standard InChI is InChI=1S/C38H26N2/c1-23-27-11-3-7-15-31(27)37(32-16-8-4-12-28(23)32)25-19-35-36(39-21-25)20-26(22-40-35)38-33-17-9-5-13-29(33)24(2)30-14-6-10-18-34(30)38/h3-22H,1-2H3. The van der Waals surface area contributed by atoms with Crippen LogP contribution in [-0.4, -0.2) is 9.97 Å². The summed E-state index contributed by atoms with van der Waals surface area (Å²) >= 11 is 0. The van der Waals surface area contributed by atoms with E-state index in [-0.39, 0.29) is 0 Å². The fourth-order valence-electron chi connectivity index (χ4n) is 6.59. The number of fused-ring (bicyclic) bond motifs is 5. The Morgan fingerprint density at radius 2 is 0.650 bits per heavy atom. The van der Waals surface area contributed by atoms with Crippen LogP contribution in [0.5, 0.6) is 0 Å². The normalized spacial score (nSPS) is 11.8. The highest BCUT2D eigenvalue weighted by atomic mass is 14.7. The van der Waals surface area contributed by atoms with Gasteiger partial charge in [-0.25, -0.2) is 0 Å². The second kappa shape index (κ2) is 8.72. The molecule has 0 aliphatic heterocycles. The number of aryl methyl sites for hydroxylation is 2. The second-order valence-electron chi connectivity index (χ2n) is 10.7. The van der Waals surface area contributed by atoms with Crippen LogP contribution in [0.1, 0.15) is 11.1 Å². The van der Waals surface area contributed by atoms with E-state index >= 15 is 0 Å². The summed E-state index contributed by atoms with van der Waals surface area (Å²) in [5.41, 5.74) is 9.03. The topological polar surface area (TPSA) is 25.8 Å². The van der Waals surface area contributed by atoms with Gasteiger partial charge in [-0.3, -0.25) is 9.97 Å². The Labute approximate surface area is 232 Å². The lowest BCUT2D eigenvalue weighted by atomic mass is 9.89. The molecular formula is C38H26N2. The molecule has 0 atom stereocenters. The smallest absolute Gasteiger partial charge is 0.0893 e. The molecule has 0 bridgehead atoms. The highest BCUT2D eigenvalue weighted by Gasteiger charge is 2.16. The van der Waals surface area contributed by atoms with Crippen molar-refractivity contribution in [2.24, 2.45) is 0 Å².